The molecule has 2 unspecified atom stereocenters. The van der Waals surface area contributed by atoms with Gasteiger partial charge in [0.15, 0.2) is 17.6 Å². The Bertz CT molecular complexity index is 557. The van der Waals surface area contributed by atoms with Crippen LogP contribution in [0.4, 0.5) is 0 Å². The molecule has 1 aliphatic rings. The van der Waals surface area contributed by atoms with E-state index in [1.165, 1.54) is 0 Å². The van der Waals surface area contributed by atoms with Crippen LogP contribution in [0.3, 0.4) is 0 Å². The minimum atomic E-state index is -0.199. The van der Waals surface area contributed by atoms with Gasteiger partial charge in [-0.1, -0.05) is 12.1 Å². The largest absolute Gasteiger partial charge is 0.486 e. The molecular formula is C13H10BrClO2S. The molecule has 0 fully saturated rings. The number of rotatable bonds is 2. The molecule has 1 aliphatic heterocycles. The van der Waals surface area contributed by atoms with Crippen molar-refractivity contribution in [1.82, 2.24) is 0 Å². The number of hydrogen-bond acceptors (Lipinski definition) is 3. The standard InChI is InChI=1S/C13H10BrClO2S/c14-12-6-5-11(18-12)13(15)10-7-16-8-3-1-2-4-9(8)17-10/h1-6,10,13H,7H2. The maximum atomic E-state index is 6.45. The predicted octanol–water partition coefficient (Wildman–Crippen LogP) is 4.63. The van der Waals surface area contributed by atoms with Crippen molar-refractivity contribution in [1.29, 1.82) is 0 Å². The molecule has 3 rings (SSSR count). The molecule has 0 N–H and O–H groups in total. The summed E-state index contributed by atoms with van der Waals surface area (Å²) in [6.45, 7) is 0.473. The topological polar surface area (TPSA) is 18.5 Å². The van der Waals surface area contributed by atoms with Crippen LogP contribution in [0.25, 0.3) is 0 Å². The van der Waals surface area contributed by atoms with Gasteiger partial charge in [0, 0.05) is 4.88 Å². The van der Waals surface area contributed by atoms with Gasteiger partial charge >= 0.3 is 0 Å². The number of halogens is 2. The van der Waals surface area contributed by atoms with Gasteiger partial charge in [-0.2, -0.15) is 0 Å². The van der Waals surface area contributed by atoms with Crippen molar-refractivity contribution in [2.45, 2.75) is 11.5 Å². The van der Waals surface area contributed by atoms with Crippen molar-refractivity contribution in [2.24, 2.45) is 0 Å². The van der Waals surface area contributed by atoms with Crippen LogP contribution in [0.1, 0.15) is 10.3 Å². The van der Waals surface area contributed by atoms with Gasteiger partial charge in [0.1, 0.15) is 12.0 Å². The van der Waals surface area contributed by atoms with Crippen LogP contribution < -0.4 is 9.47 Å². The number of alkyl halides is 1. The first-order valence-corrected chi connectivity index (χ1v) is 7.56. The van der Waals surface area contributed by atoms with Crippen LogP contribution in [0.15, 0.2) is 40.2 Å². The van der Waals surface area contributed by atoms with E-state index < -0.39 is 0 Å². The number of para-hydroxylation sites is 2. The average Bonchev–Trinajstić information content (AvgIpc) is 2.84. The third-order valence-electron chi connectivity index (χ3n) is 2.72. The van der Waals surface area contributed by atoms with E-state index in [1.807, 2.05) is 36.4 Å². The zero-order chi connectivity index (χ0) is 12.5. The van der Waals surface area contributed by atoms with Gasteiger partial charge in [-0.25, -0.2) is 0 Å². The third kappa shape index (κ3) is 2.37. The third-order valence-corrected chi connectivity index (χ3v) is 5.08. The number of benzene rings is 1. The summed E-state index contributed by atoms with van der Waals surface area (Å²) in [6, 6.07) is 11.7. The van der Waals surface area contributed by atoms with E-state index >= 15 is 0 Å². The summed E-state index contributed by atoms with van der Waals surface area (Å²) in [5, 5.41) is -0.199. The first-order valence-electron chi connectivity index (χ1n) is 5.52. The van der Waals surface area contributed by atoms with Crippen LogP contribution >= 0.6 is 38.9 Å². The molecule has 2 nitrogen and oxygen atoms in total. The predicted molar refractivity (Wildman–Crippen MR) is 77.0 cm³/mol. The summed E-state index contributed by atoms with van der Waals surface area (Å²) in [4.78, 5) is 1.08. The van der Waals surface area contributed by atoms with Crippen molar-refractivity contribution in [3.63, 3.8) is 0 Å². The fourth-order valence-electron chi connectivity index (χ4n) is 1.84. The zero-order valence-electron chi connectivity index (χ0n) is 9.31. The minimum absolute atomic E-state index is 0.160. The summed E-state index contributed by atoms with van der Waals surface area (Å²) < 4.78 is 12.6. The van der Waals surface area contributed by atoms with Crippen LogP contribution in [0.2, 0.25) is 0 Å². The van der Waals surface area contributed by atoms with Gasteiger partial charge in [0.05, 0.1) is 3.79 Å². The Morgan fingerprint density at radius 2 is 2.00 bits per heavy atom. The molecular weight excluding hydrogens is 336 g/mol. The van der Waals surface area contributed by atoms with Crippen molar-refractivity contribution in [2.75, 3.05) is 6.61 Å². The lowest BCUT2D eigenvalue weighted by Crippen LogP contribution is -2.32. The van der Waals surface area contributed by atoms with Crippen molar-refractivity contribution >= 4 is 38.9 Å². The highest BCUT2D eigenvalue weighted by Crippen LogP contribution is 2.39. The van der Waals surface area contributed by atoms with Crippen LogP contribution in [-0.4, -0.2) is 12.7 Å². The quantitative estimate of drug-likeness (QED) is 0.739. The van der Waals surface area contributed by atoms with Gasteiger partial charge in [-0.05, 0) is 40.2 Å². The average molecular weight is 346 g/mol. The van der Waals surface area contributed by atoms with Gasteiger partial charge < -0.3 is 9.47 Å². The number of hydrogen-bond donors (Lipinski definition) is 0. The Kier molecular flexibility index (Phi) is 3.50. The van der Waals surface area contributed by atoms with Crippen molar-refractivity contribution < 1.29 is 9.47 Å². The molecule has 0 saturated carbocycles. The molecule has 0 aliphatic carbocycles. The molecule has 0 bridgehead atoms. The first kappa shape index (κ1) is 12.3. The molecule has 1 aromatic heterocycles. The van der Waals surface area contributed by atoms with E-state index in [-0.39, 0.29) is 11.5 Å². The van der Waals surface area contributed by atoms with E-state index in [9.17, 15) is 0 Å². The Hall–Kier alpha value is -0.710. The smallest absolute Gasteiger partial charge is 0.161 e. The lowest BCUT2D eigenvalue weighted by molar-refractivity contribution is 0.0883. The Labute approximate surface area is 123 Å². The number of ether oxygens (including phenoxy) is 2. The normalized spacial score (nSPS) is 19.6. The second-order valence-corrected chi connectivity index (χ2v) is 6.92. The Morgan fingerprint density at radius 1 is 1.22 bits per heavy atom. The van der Waals surface area contributed by atoms with Crippen LogP contribution in [0, 0.1) is 0 Å². The lowest BCUT2D eigenvalue weighted by atomic mass is 10.2. The molecule has 2 heterocycles. The summed E-state index contributed by atoms with van der Waals surface area (Å²) in [5.74, 6) is 1.54. The lowest BCUT2D eigenvalue weighted by Gasteiger charge is -2.28. The Morgan fingerprint density at radius 3 is 2.72 bits per heavy atom. The molecule has 94 valence electrons. The maximum absolute atomic E-state index is 6.45. The highest BCUT2D eigenvalue weighted by atomic mass is 79.9. The summed E-state index contributed by atoms with van der Waals surface area (Å²) >= 11 is 11.5. The fraction of sp³-hybridized carbons (Fsp3) is 0.231. The number of thiophene rings is 1. The summed E-state index contributed by atoms with van der Waals surface area (Å²) in [7, 11) is 0. The molecule has 18 heavy (non-hydrogen) atoms. The van der Waals surface area contributed by atoms with E-state index in [2.05, 4.69) is 15.9 Å². The molecule has 0 amide bonds. The highest BCUT2D eigenvalue weighted by Gasteiger charge is 2.29. The van der Waals surface area contributed by atoms with Crippen LogP contribution in [-0.2, 0) is 0 Å². The molecule has 1 aromatic carbocycles. The van der Waals surface area contributed by atoms with Gasteiger partial charge in [0.2, 0.25) is 0 Å². The highest BCUT2D eigenvalue weighted by molar-refractivity contribution is 9.11. The van der Waals surface area contributed by atoms with E-state index in [0.29, 0.717) is 6.61 Å². The fourth-order valence-corrected chi connectivity index (χ4v) is 3.62. The van der Waals surface area contributed by atoms with E-state index in [0.717, 1.165) is 20.2 Å². The summed E-state index contributed by atoms with van der Waals surface area (Å²) in [5.41, 5.74) is 0. The van der Waals surface area contributed by atoms with Gasteiger partial charge in [0.25, 0.3) is 0 Å². The zero-order valence-corrected chi connectivity index (χ0v) is 12.5. The Balaban J connectivity index is 1.79. The second-order valence-electron chi connectivity index (χ2n) is 3.96. The molecule has 0 radical (unpaired) electrons. The van der Waals surface area contributed by atoms with Crippen LogP contribution in [0.5, 0.6) is 11.5 Å². The molecule has 0 saturated heterocycles. The van der Waals surface area contributed by atoms with Crippen molar-refractivity contribution in [3.8, 4) is 11.5 Å². The van der Waals surface area contributed by atoms with Gasteiger partial charge in [-0.15, -0.1) is 22.9 Å². The number of fused-ring (bicyclic) bond motifs is 1. The van der Waals surface area contributed by atoms with Gasteiger partial charge in [-0.3, -0.25) is 0 Å². The SMILES string of the molecule is ClC(c1ccc(Br)s1)C1COc2ccccc2O1. The van der Waals surface area contributed by atoms with Crippen molar-refractivity contribution in [3.05, 3.63) is 45.1 Å². The second kappa shape index (κ2) is 5.11. The molecule has 5 heteroatoms. The monoisotopic (exact) mass is 344 g/mol. The summed E-state index contributed by atoms with van der Waals surface area (Å²) in [6.07, 6.45) is -0.160. The first-order chi connectivity index (χ1) is 8.74. The minimum Gasteiger partial charge on any atom is -0.486 e. The molecule has 2 aromatic rings. The van der Waals surface area contributed by atoms with E-state index in [4.69, 9.17) is 21.1 Å². The van der Waals surface area contributed by atoms with E-state index in [1.54, 1.807) is 11.3 Å². The molecule has 2 atom stereocenters. The molecule has 0 spiro atoms. The maximum Gasteiger partial charge on any atom is 0.161 e.